The van der Waals surface area contributed by atoms with E-state index in [2.05, 4.69) is 41.1 Å². The topological polar surface area (TPSA) is 42.2 Å². The standard InChI is InChI=1S/C15H19N3.ClH/c1-11-8-18(10-14(11)16)9-13-5-2-4-12-6-3-7-17-15(12)13;/h2-7,11,14H,8-10,16H2,1H3;1H. The summed E-state index contributed by atoms with van der Waals surface area (Å²) in [5, 5.41) is 1.21. The highest BCUT2D eigenvalue weighted by Gasteiger charge is 2.26. The van der Waals surface area contributed by atoms with Gasteiger partial charge in [-0.15, -0.1) is 12.4 Å². The molecule has 2 atom stereocenters. The molecule has 0 saturated carbocycles. The van der Waals surface area contributed by atoms with Crippen molar-refractivity contribution in [3.63, 3.8) is 0 Å². The van der Waals surface area contributed by atoms with Gasteiger partial charge in [0.05, 0.1) is 5.52 Å². The summed E-state index contributed by atoms with van der Waals surface area (Å²) in [4.78, 5) is 6.93. The summed E-state index contributed by atoms with van der Waals surface area (Å²) in [5.74, 6) is 0.591. The Balaban J connectivity index is 0.00000133. The van der Waals surface area contributed by atoms with E-state index in [4.69, 9.17) is 5.73 Å². The monoisotopic (exact) mass is 277 g/mol. The van der Waals surface area contributed by atoms with Crippen LogP contribution in [0.1, 0.15) is 12.5 Å². The Morgan fingerprint density at radius 3 is 2.79 bits per heavy atom. The first kappa shape index (κ1) is 14.3. The Hall–Kier alpha value is -1.16. The molecular weight excluding hydrogens is 258 g/mol. The fraction of sp³-hybridized carbons (Fsp3) is 0.400. The van der Waals surface area contributed by atoms with Crippen LogP contribution in [-0.2, 0) is 6.54 Å². The Bertz CT molecular complexity index is 543. The zero-order valence-electron chi connectivity index (χ0n) is 11.1. The highest BCUT2D eigenvalue weighted by Crippen LogP contribution is 2.21. The summed E-state index contributed by atoms with van der Waals surface area (Å²) < 4.78 is 0. The third-order valence-electron chi connectivity index (χ3n) is 3.86. The number of rotatable bonds is 2. The lowest BCUT2D eigenvalue weighted by atomic mass is 10.1. The van der Waals surface area contributed by atoms with Gasteiger partial charge >= 0.3 is 0 Å². The molecule has 19 heavy (non-hydrogen) atoms. The smallest absolute Gasteiger partial charge is 0.0746 e. The van der Waals surface area contributed by atoms with E-state index < -0.39 is 0 Å². The van der Waals surface area contributed by atoms with Crippen LogP contribution in [0.5, 0.6) is 0 Å². The molecule has 1 aromatic heterocycles. The van der Waals surface area contributed by atoms with Crippen molar-refractivity contribution < 1.29 is 0 Å². The Morgan fingerprint density at radius 1 is 1.26 bits per heavy atom. The van der Waals surface area contributed by atoms with Crippen molar-refractivity contribution in [2.24, 2.45) is 11.7 Å². The number of nitrogens with two attached hydrogens (primary N) is 1. The van der Waals surface area contributed by atoms with E-state index in [1.165, 1.54) is 10.9 Å². The molecule has 0 bridgehead atoms. The van der Waals surface area contributed by atoms with Crippen molar-refractivity contribution in [2.75, 3.05) is 13.1 Å². The van der Waals surface area contributed by atoms with Crippen molar-refractivity contribution >= 4 is 23.3 Å². The highest BCUT2D eigenvalue weighted by molar-refractivity contribution is 5.85. The number of hydrogen-bond acceptors (Lipinski definition) is 3. The molecule has 102 valence electrons. The molecule has 0 radical (unpaired) electrons. The molecule has 3 rings (SSSR count). The van der Waals surface area contributed by atoms with Crippen LogP contribution in [-0.4, -0.2) is 29.0 Å². The Labute approximate surface area is 120 Å². The molecular formula is C15H20ClN3. The second kappa shape index (κ2) is 5.87. The van der Waals surface area contributed by atoms with E-state index in [1.807, 2.05) is 12.3 Å². The van der Waals surface area contributed by atoms with Gasteiger partial charge in [0.1, 0.15) is 0 Å². The number of hydrogen-bond donors (Lipinski definition) is 1. The number of fused-ring (bicyclic) bond motifs is 1. The van der Waals surface area contributed by atoms with Crippen molar-refractivity contribution in [3.05, 3.63) is 42.1 Å². The summed E-state index contributed by atoms with van der Waals surface area (Å²) in [6.45, 7) is 5.26. The number of benzene rings is 1. The van der Waals surface area contributed by atoms with Crippen LogP contribution < -0.4 is 5.73 Å². The quantitative estimate of drug-likeness (QED) is 0.917. The molecule has 2 unspecified atom stereocenters. The predicted molar refractivity (Wildman–Crippen MR) is 81.4 cm³/mol. The molecule has 1 aromatic carbocycles. The van der Waals surface area contributed by atoms with E-state index in [1.54, 1.807) is 0 Å². The molecule has 0 spiro atoms. The highest BCUT2D eigenvalue weighted by atomic mass is 35.5. The minimum Gasteiger partial charge on any atom is -0.326 e. The van der Waals surface area contributed by atoms with Gasteiger partial charge in [-0.25, -0.2) is 0 Å². The number of pyridine rings is 1. The molecule has 4 heteroatoms. The van der Waals surface area contributed by atoms with Gasteiger partial charge in [0.15, 0.2) is 0 Å². The summed E-state index contributed by atoms with van der Waals surface area (Å²) >= 11 is 0. The zero-order chi connectivity index (χ0) is 12.5. The van der Waals surface area contributed by atoms with Crippen LogP contribution in [0.2, 0.25) is 0 Å². The minimum atomic E-state index is 0. The van der Waals surface area contributed by atoms with Crippen molar-refractivity contribution in [1.82, 2.24) is 9.88 Å². The normalized spacial score (nSPS) is 23.5. The lowest BCUT2D eigenvalue weighted by Gasteiger charge is -2.16. The fourth-order valence-electron chi connectivity index (χ4n) is 2.76. The van der Waals surface area contributed by atoms with Crippen molar-refractivity contribution in [3.8, 4) is 0 Å². The van der Waals surface area contributed by atoms with E-state index in [-0.39, 0.29) is 12.4 Å². The van der Waals surface area contributed by atoms with Crippen LogP contribution >= 0.6 is 12.4 Å². The molecule has 1 fully saturated rings. The maximum absolute atomic E-state index is 6.08. The number of para-hydroxylation sites is 1. The average molecular weight is 278 g/mol. The van der Waals surface area contributed by atoms with Gasteiger partial charge in [0, 0.05) is 37.3 Å². The largest absolute Gasteiger partial charge is 0.326 e. The third-order valence-corrected chi connectivity index (χ3v) is 3.86. The first-order valence-corrected chi connectivity index (χ1v) is 6.54. The molecule has 3 nitrogen and oxygen atoms in total. The molecule has 0 aliphatic carbocycles. The summed E-state index contributed by atoms with van der Waals surface area (Å²) in [6.07, 6.45) is 1.87. The first-order chi connectivity index (χ1) is 8.74. The number of aromatic nitrogens is 1. The summed E-state index contributed by atoms with van der Waals surface area (Å²) in [7, 11) is 0. The van der Waals surface area contributed by atoms with Crippen LogP contribution in [0.3, 0.4) is 0 Å². The first-order valence-electron chi connectivity index (χ1n) is 6.54. The van der Waals surface area contributed by atoms with Gasteiger partial charge in [-0.1, -0.05) is 31.2 Å². The van der Waals surface area contributed by atoms with Crippen molar-refractivity contribution in [2.45, 2.75) is 19.5 Å². The minimum absolute atomic E-state index is 0. The number of likely N-dealkylation sites (tertiary alicyclic amines) is 1. The van der Waals surface area contributed by atoms with Crippen LogP contribution in [0.15, 0.2) is 36.5 Å². The molecule has 2 aromatic rings. The Morgan fingerprint density at radius 2 is 2.05 bits per heavy atom. The van der Waals surface area contributed by atoms with Gasteiger partial charge in [-0.3, -0.25) is 9.88 Å². The van der Waals surface area contributed by atoms with Gasteiger partial charge < -0.3 is 5.73 Å². The van der Waals surface area contributed by atoms with E-state index in [0.717, 1.165) is 25.2 Å². The Kier molecular flexibility index (Phi) is 4.40. The molecule has 2 heterocycles. The second-order valence-electron chi connectivity index (χ2n) is 5.33. The van der Waals surface area contributed by atoms with Gasteiger partial charge in [-0.05, 0) is 17.5 Å². The van der Waals surface area contributed by atoms with Gasteiger partial charge in [-0.2, -0.15) is 0 Å². The molecule has 1 aliphatic rings. The molecule has 1 saturated heterocycles. The lowest BCUT2D eigenvalue weighted by Crippen LogP contribution is -2.28. The van der Waals surface area contributed by atoms with Gasteiger partial charge in [0.2, 0.25) is 0 Å². The number of halogens is 1. The maximum Gasteiger partial charge on any atom is 0.0746 e. The fourth-order valence-corrected chi connectivity index (χ4v) is 2.76. The van der Waals surface area contributed by atoms with Crippen LogP contribution in [0, 0.1) is 5.92 Å². The zero-order valence-corrected chi connectivity index (χ0v) is 11.9. The van der Waals surface area contributed by atoms with Crippen LogP contribution in [0.4, 0.5) is 0 Å². The molecule has 1 aliphatic heterocycles. The summed E-state index contributed by atoms with van der Waals surface area (Å²) in [5.41, 5.74) is 8.50. The summed E-state index contributed by atoms with van der Waals surface area (Å²) in [6, 6.07) is 10.8. The van der Waals surface area contributed by atoms with Crippen LogP contribution in [0.25, 0.3) is 10.9 Å². The van der Waals surface area contributed by atoms with E-state index >= 15 is 0 Å². The SMILES string of the molecule is CC1CN(Cc2cccc3cccnc23)CC1N.Cl. The molecule has 2 N–H and O–H groups in total. The van der Waals surface area contributed by atoms with E-state index in [0.29, 0.717) is 12.0 Å². The predicted octanol–water partition coefficient (Wildman–Crippen LogP) is 2.44. The van der Waals surface area contributed by atoms with Gasteiger partial charge in [0.25, 0.3) is 0 Å². The lowest BCUT2D eigenvalue weighted by molar-refractivity contribution is 0.320. The second-order valence-corrected chi connectivity index (χ2v) is 5.33. The maximum atomic E-state index is 6.08. The third kappa shape index (κ3) is 2.89. The van der Waals surface area contributed by atoms with Crippen molar-refractivity contribution in [1.29, 1.82) is 0 Å². The molecule has 0 amide bonds. The number of nitrogens with zero attached hydrogens (tertiary/aromatic N) is 2. The van der Waals surface area contributed by atoms with E-state index in [9.17, 15) is 0 Å². The average Bonchev–Trinajstić information content (AvgIpc) is 2.69.